The first-order valence-electron chi connectivity index (χ1n) is 3.81. The van der Waals surface area contributed by atoms with Gasteiger partial charge in [0.05, 0.1) is 7.11 Å². The molecular formula is C9H14N2O. The highest BCUT2D eigenvalue weighted by molar-refractivity contribution is 5.42. The Kier molecular flexibility index (Phi) is 2.55. The Balaban J connectivity index is 3.04. The molecule has 1 aliphatic rings. The molecule has 0 saturated carbocycles. The molecule has 0 unspecified atom stereocenters. The quantitative estimate of drug-likeness (QED) is 0.639. The Morgan fingerprint density at radius 3 is 2.83 bits per heavy atom. The zero-order chi connectivity index (χ0) is 9.14. The van der Waals surface area contributed by atoms with E-state index in [4.69, 9.17) is 10.5 Å². The summed E-state index contributed by atoms with van der Waals surface area (Å²) in [6.45, 7) is 6.24. The van der Waals surface area contributed by atoms with Crippen LogP contribution in [0, 0.1) is 0 Å². The van der Waals surface area contributed by atoms with Crippen LogP contribution in [0.4, 0.5) is 0 Å². The third-order valence-corrected chi connectivity index (χ3v) is 1.78. The zero-order valence-corrected chi connectivity index (χ0v) is 7.48. The summed E-state index contributed by atoms with van der Waals surface area (Å²) in [6, 6.07) is 0. The van der Waals surface area contributed by atoms with E-state index in [0.717, 1.165) is 22.7 Å². The predicted molar refractivity (Wildman–Crippen MR) is 49.1 cm³/mol. The number of hydrogen-bond donors (Lipinski definition) is 2. The van der Waals surface area contributed by atoms with Crippen LogP contribution in [0.15, 0.2) is 35.4 Å². The van der Waals surface area contributed by atoms with Crippen molar-refractivity contribution in [1.29, 1.82) is 0 Å². The van der Waals surface area contributed by atoms with Gasteiger partial charge < -0.3 is 15.8 Å². The SMILES string of the molecule is C=C1NC(C)=CC(OC)=C1CN. The fraction of sp³-hybridized carbons (Fsp3) is 0.333. The van der Waals surface area contributed by atoms with Crippen LogP contribution in [0.5, 0.6) is 0 Å². The highest BCUT2D eigenvalue weighted by atomic mass is 16.5. The fourth-order valence-electron chi connectivity index (χ4n) is 1.19. The smallest absolute Gasteiger partial charge is 0.127 e. The first-order valence-corrected chi connectivity index (χ1v) is 3.81. The molecule has 1 heterocycles. The lowest BCUT2D eigenvalue weighted by Crippen LogP contribution is -2.22. The molecule has 0 aromatic rings. The van der Waals surface area contributed by atoms with Crippen LogP contribution >= 0.6 is 0 Å². The van der Waals surface area contributed by atoms with Gasteiger partial charge in [0.25, 0.3) is 0 Å². The molecule has 3 nitrogen and oxygen atoms in total. The molecule has 12 heavy (non-hydrogen) atoms. The fourth-order valence-corrected chi connectivity index (χ4v) is 1.19. The Morgan fingerprint density at radius 2 is 2.33 bits per heavy atom. The largest absolute Gasteiger partial charge is 0.496 e. The van der Waals surface area contributed by atoms with Crippen molar-refractivity contribution in [1.82, 2.24) is 5.32 Å². The average Bonchev–Trinajstić information content (AvgIpc) is 2.03. The highest BCUT2D eigenvalue weighted by Crippen LogP contribution is 2.19. The number of dihydropyridines is 1. The Labute approximate surface area is 72.6 Å². The Bertz CT molecular complexity index is 264. The van der Waals surface area contributed by atoms with Crippen molar-refractivity contribution in [2.75, 3.05) is 13.7 Å². The normalized spacial score (nSPS) is 17.2. The van der Waals surface area contributed by atoms with Crippen molar-refractivity contribution >= 4 is 0 Å². The number of nitrogens with two attached hydrogens (primary N) is 1. The molecule has 0 bridgehead atoms. The van der Waals surface area contributed by atoms with Gasteiger partial charge in [0.1, 0.15) is 5.76 Å². The molecule has 1 rings (SSSR count). The minimum Gasteiger partial charge on any atom is -0.496 e. The van der Waals surface area contributed by atoms with Gasteiger partial charge in [0.2, 0.25) is 0 Å². The second-order valence-corrected chi connectivity index (χ2v) is 2.68. The summed E-state index contributed by atoms with van der Waals surface area (Å²) in [5.74, 6) is 0.804. The van der Waals surface area contributed by atoms with E-state index < -0.39 is 0 Å². The summed E-state index contributed by atoms with van der Waals surface area (Å²) in [6.07, 6.45) is 1.91. The lowest BCUT2D eigenvalue weighted by molar-refractivity contribution is 0.300. The van der Waals surface area contributed by atoms with Gasteiger partial charge in [0.15, 0.2) is 0 Å². The van der Waals surface area contributed by atoms with E-state index in [9.17, 15) is 0 Å². The number of hydrogen-bond acceptors (Lipinski definition) is 3. The average molecular weight is 166 g/mol. The van der Waals surface area contributed by atoms with E-state index in [2.05, 4.69) is 11.9 Å². The van der Waals surface area contributed by atoms with Crippen molar-refractivity contribution in [2.24, 2.45) is 5.73 Å². The first kappa shape index (κ1) is 8.87. The summed E-state index contributed by atoms with van der Waals surface area (Å²) in [7, 11) is 1.63. The van der Waals surface area contributed by atoms with E-state index in [1.165, 1.54) is 0 Å². The van der Waals surface area contributed by atoms with Crippen LogP contribution in [0.1, 0.15) is 6.92 Å². The molecule has 0 spiro atoms. The van der Waals surface area contributed by atoms with E-state index >= 15 is 0 Å². The summed E-state index contributed by atoms with van der Waals surface area (Å²) in [5, 5.41) is 3.09. The third kappa shape index (κ3) is 1.51. The van der Waals surface area contributed by atoms with Crippen LogP contribution in [-0.4, -0.2) is 13.7 Å². The lowest BCUT2D eigenvalue weighted by Gasteiger charge is -2.20. The molecule has 0 fully saturated rings. The van der Waals surface area contributed by atoms with E-state index in [1.54, 1.807) is 7.11 Å². The molecule has 0 radical (unpaired) electrons. The van der Waals surface area contributed by atoms with E-state index in [1.807, 2.05) is 13.0 Å². The van der Waals surface area contributed by atoms with Gasteiger partial charge in [-0.2, -0.15) is 0 Å². The topological polar surface area (TPSA) is 47.3 Å². The van der Waals surface area contributed by atoms with Crippen LogP contribution in [0.2, 0.25) is 0 Å². The Morgan fingerprint density at radius 1 is 1.67 bits per heavy atom. The van der Waals surface area contributed by atoms with Crippen molar-refractivity contribution in [3.63, 3.8) is 0 Å². The van der Waals surface area contributed by atoms with Crippen molar-refractivity contribution in [2.45, 2.75) is 6.92 Å². The molecular weight excluding hydrogens is 152 g/mol. The summed E-state index contributed by atoms with van der Waals surface area (Å²) >= 11 is 0. The van der Waals surface area contributed by atoms with Gasteiger partial charge in [-0.15, -0.1) is 0 Å². The second-order valence-electron chi connectivity index (χ2n) is 2.68. The van der Waals surface area contributed by atoms with Crippen molar-refractivity contribution in [3.8, 4) is 0 Å². The maximum atomic E-state index is 5.54. The second kappa shape index (κ2) is 3.45. The standard InChI is InChI=1S/C9H14N2O/c1-6-4-9(12-3)8(5-10)7(2)11-6/h4,11H,2,5,10H2,1,3H3. The monoisotopic (exact) mass is 166 g/mol. The minimum absolute atomic E-state index is 0.443. The van der Waals surface area contributed by atoms with Crippen LogP contribution in [0.3, 0.4) is 0 Å². The number of rotatable bonds is 2. The third-order valence-electron chi connectivity index (χ3n) is 1.78. The van der Waals surface area contributed by atoms with Gasteiger partial charge >= 0.3 is 0 Å². The molecule has 0 atom stereocenters. The number of ether oxygens (including phenoxy) is 1. The van der Waals surface area contributed by atoms with Crippen molar-refractivity contribution in [3.05, 3.63) is 35.4 Å². The summed E-state index contributed by atoms with van der Waals surface area (Å²) in [5.41, 5.74) is 8.32. The van der Waals surface area contributed by atoms with E-state index in [0.29, 0.717) is 6.54 Å². The summed E-state index contributed by atoms with van der Waals surface area (Å²) < 4.78 is 5.16. The molecule has 1 aliphatic heterocycles. The van der Waals surface area contributed by atoms with Crippen LogP contribution in [0.25, 0.3) is 0 Å². The Hall–Kier alpha value is -1.22. The first-order chi connectivity index (χ1) is 5.69. The van der Waals surface area contributed by atoms with Gasteiger partial charge in [-0.05, 0) is 13.0 Å². The van der Waals surface area contributed by atoms with Crippen molar-refractivity contribution < 1.29 is 4.74 Å². The summed E-state index contributed by atoms with van der Waals surface area (Å²) in [4.78, 5) is 0. The van der Waals surface area contributed by atoms with Gasteiger partial charge in [0, 0.05) is 23.5 Å². The molecule has 0 aromatic carbocycles. The highest BCUT2D eigenvalue weighted by Gasteiger charge is 2.12. The van der Waals surface area contributed by atoms with Gasteiger partial charge in [-0.1, -0.05) is 6.58 Å². The van der Waals surface area contributed by atoms with E-state index in [-0.39, 0.29) is 0 Å². The predicted octanol–water partition coefficient (Wildman–Crippen LogP) is 0.866. The van der Waals surface area contributed by atoms with Crippen LogP contribution in [-0.2, 0) is 4.74 Å². The number of allylic oxidation sites excluding steroid dienone is 2. The molecule has 3 N–H and O–H groups in total. The molecule has 0 saturated heterocycles. The van der Waals surface area contributed by atoms with Gasteiger partial charge in [-0.3, -0.25) is 0 Å². The number of methoxy groups -OCH3 is 1. The molecule has 3 heteroatoms. The zero-order valence-electron chi connectivity index (χ0n) is 7.48. The molecule has 0 amide bonds. The maximum Gasteiger partial charge on any atom is 0.127 e. The molecule has 66 valence electrons. The number of nitrogens with one attached hydrogen (secondary N) is 1. The van der Waals surface area contributed by atoms with Gasteiger partial charge in [-0.25, -0.2) is 0 Å². The minimum atomic E-state index is 0.443. The van der Waals surface area contributed by atoms with Crippen LogP contribution < -0.4 is 11.1 Å². The lowest BCUT2D eigenvalue weighted by atomic mass is 10.1. The molecule has 0 aromatic heterocycles. The molecule has 0 aliphatic carbocycles. The maximum absolute atomic E-state index is 5.54.